The summed E-state index contributed by atoms with van der Waals surface area (Å²) in [6, 6.07) is -0.911. The Morgan fingerprint density at radius 3 is 2.17 bits per heavy atom. The number of rotatable bonds is 3. The van der Waals surface area contributed by atoms with Crippen molar-refractivity contribution in [3.63, 3.8) is 0 Å². The Bertz CT molecular complexity index is 351. The fraction of sp³-hybridized carbons (Fsp3) is 0.818. The fourth-order valence-corrected chi connectivity index (χ4v) is 2.32. The molecule has 7 heteroatoms. The van der Waals surface area contributed by atoms with E-state index in [0.717, 1.165) is 0 Å². The standard InChI is InChI=1S/C11H17F3N2O2/c1-4-10(5-2)9(18)15-7(3)8(17)16(10)6-11(12,13)14/h7H,4-6H2,1-3H3,(H,15,18). The minimum Gasteiger partial charge on any atom is -0.343 e. The molecule has 0 aliphatic carbocycles. The third-order valence-electron chi connectivity index (χ3n) is 3.43. The van der Waals surface area contributed by atoms with Crippen molar-refractivity contribution < 1.29 is 22.8 Å². The van der Waals surface area contributed by atoms with Crippen molar-refractivity contribution in [3.8, 4) is 0 Å². The number of piperazine rings is 1. The van der Waals surface area contributed by atoms with E-state index in [-0.39, 0.29) is 12.8 Å². The largest absolute Gasteiger partial charge is 0.406 e. The van der Waals surface area contributed by atoms with Crippen LogP contribution in [0.25, 0.3) is 0 Å². The van der Waals surface area contributed by atoms with E-state index in [1.54, 1.807) is 13.8 Å². The highest BCUT2D eigenvalue weighted by atomic mass is 19.4. The van der Waals surface area contributed by atoms with Crippen molar-refractivity contribution in [2.24, 2.45) is 0 Å². The molecule has 18 heavy (non-hydrogen) atoms. The smallest absolute Gasteiger partial charge is 0.343 e. The SMILES string of the molecule is CCC1(CC)C(=O)NC(C)C(=O)N1CC(F)(F)F. The van der Waals surface area contributed by atoms with Crippen molar-refractivity contribution in [1.29, 1.82) is 0 Å². The molecule has 1 aliphatic rings. The van der Waals surface area contributed by atoms with Crippen LogP contribution in [0.2, 0.25) is 0 Å². The zero-order chi connectivity index (χ0) is 14.1. The zero-order valence-electron chi connectivity index (χ0n) is 10.6. The first-order chi connectivity index (χ1) is 8.18. The van der Waals surface area contributed by atoms with Crippen LogP contribution < -0.4 is 5.32 Å². The summed E-state index contributed by atoms with van der Waals surface area (Å²) < 4.78 is 37.7. The molecule has 2 amide bonds. The van der Waals surface area contributed by atoms with Crippen LogP contribution in [0.1, 0.15) is 33.6 Å². The van der Waals surface area contributed by atoms with Gasteiger partial charge >= 0.3 is 6.18 Å². The third-order valence-corrected chi connectivity index (χ3v) is 3.43. The third kappa shape index (κ3) is 2.44. The summed E-state index contributed by atoms with van der Waals surface area (Å²) in [5, 5.41) is 2.44. The molecule has 1 atom stereocenters. The van der Waals surface area contributed by atoms with Crippen LogP contribution in [0.15, 0.2) is 0 Å². The van der Waals surface area contributed by atoms with E-state index in [4.69, 9.17) is 0 Å². The number of carbonyl (C=O) groups is 2. The summed E-state index contributed by atoms with van der Waals surface area (Å²) in [4.78, 5) is 24.5. The molecule has 4 nitrogen and oxygen atoms in total. The van der Waals surface area contributed by atoms with Gasteiger partial charge in [-0.15, -0.1) is 0 Å². The van der Waals surface area contributed by atoms with E-state index in [9.17, 15) is 22.8 Å². The number of nitrogens with one attached hydrogen (secondary N) is 1. The monoisotopic (exact) mass is 266 g/mol. The van der Waals surface area contributed by atoms with Crippen molar-refractivity contribution in [3.05, 3.63) is 0 Å². The molecule has 0 spiro atoms. The first-order valence-corrected chi connectivity index (χ1v) is 5.87. The van der Waals surface area contributed by atoms with E-state index in [0.29, 0.717) is 4.90 Å². The summed E-state index contributed by atoms with van der Waals surface area (Å²) in [6.07, 6.45) is -4.20. The van der Waals surface area contributed by atoms with Gasteiger partial charge in [-0.2, -0.15) is 13.2 Å². The number of amides is 2. The normalized spacial score (nSPS) is 24.1. The lowest BCUT2D eigenvalue weighted by molar-refractivity contribution is -0.184. The van der Waals surface area contributed by atoms with Crippen LogP contribution in [0, 0.1) is 0 Å². The molecular formula is C11H17F3N2O2. The Balaban J connectivity index is 3.17. The number of hydrogen-bond acceptors (Lipinski definition) is 2. The summed E-state index contributed by atoms with van der Waals surface area (Å²) >= 11 is 0. The van der Waals surface area contributed by atoms with Gasteiger partial charge in [-0.05, 0) is 19.8 Å². The first-order valence-electron chi connectivity index (χ1n) is 5.87. The summed E-state index contributed by atoms with van der Waals surface area (Å²) in [5.74, 6) is -1.19. The molecule has 0 radical (unpaired) electrons. The highest BCUT2D eigenvalue weighted by Crippen LogP contribution is 2.32. The average molecular weight is 266 g/mol. The quantitative estimate of drug-likeness (QED) is 0.840. The van der Waals surface area contributed by atoms with E-state index in [2.05, 4.69) is 5.32 Å². The van der Waals surface area contributed by atoms with Crippen LogP contribution in [0.5, 0.6) is 0 Å². The molecule has 1 aliphatic heterocycles. The fourth-order valence-electron chi connectivity index (χ4n) is 2.32. The van der Waals surface area contributed by atoms with E-state index in [1.165, 1.54) is 6.92 Å². The minimum absolute atomic E-state index is 0.157. The highest BCUT2D eigenvalue weighted by molar-refractivity contribution is 5.99. The highest BCUT2D eigenvalue weighted by Gasteiger charge is 2.52. The van der Waals surface area contributed by atoms with E-state index >= 15 is 0 Å². The number of alkyl halides is 3. The molecule has 104 valence electrons. The maximum atomic E-state index is 12.6. The van der Waals surface area contributed by atoms with Gasteiger partial charge in [0.2, 0.25) is 11.8 Å². The number of carbonyl (C=O) groups excluding carboxylic acids is 2. The van der Waals surface area contributed by atoms with E-state index in [1.807, 2.05) is 0 Å². The molecule has 1 saturated heterocycles. The van der Waals surface area contributed by atoms with Gasteiger partial charge in [-0.1, -0.05) is 13.8 Å². The lowest BCUT2D eigenvalue weighted by Crippen LogP contribution is -2.70. The zero-order valence-corrected chi connectivity index (χ0v) is 10.6. The molecular weight excluding hydrogens is 249 g/mol. The number of halogens is 3. The van der Waals surface area contributed by atoms with Gasteiger partial charge in [-0.3, -0.25) is 9.59 Å². The second kappa shape index (κ2) is 4.78. The van der Waals surface area contributed by atoms with Gasteiger partial charge in [0.25, 0.3) is 0 Å². The Morgan fingerprint density at radius 2 is 1.78 bits per heavy atom. The first kappa shape index (κ1) is 14.8. The van der Waals surface area contributed by atoms with Gasteiger partial charge in [0.15, 0.2) is 0 Å². The van der Waals surface area contributed by atoms with Gasteiger partial charge in [0.1, 0.15) is 18.1 Å². The Kier molecular flexibility index (Phi) is 3.92. The van der Waals surface area contributed by atoms with Gasteiger partial charge < -0.3 is 10.2 Å². The molecule has 0 aromatic rings. The molecule has 0 bridgehead atoms. The summed E-state index contributed by atoms with van der Waals surface area (Å²) in [7, 11) is 0. The lowest BCUT2D eigenvalue weighted by atomic mass is 9.86. The second-order valence-electron chi connectivity index (χ2n) is 4.47. The number of hydrogen-bond donors (Lipinski definition) is 1. The van der Waals surface area contributed by atoms with Gasteiger partial charge in [0, 0.05) is 0 Å². The van der Waals surface area contributed by atoms with Crippen molar-refractivity contribution >= 4 is 11.8 Å². The minimum atomic E-state index is -4.51. The number of nitrogens with zero attached hydrogens (tertiary/aromatic N) is 1. The van der Waals surface area contributed by atoms with E-state index < -0.39 is 36.1 Å². The lowest BCUT2D eigenvalue weighted by Gasteiger charge is -2.47. The molecule has 0 saturated carbocycles. The van der Waals surface area contributed by atoms with Crippen LogP contribution in [-0.2, 0) is 9.59 Å². The Hall–Kier alpha value is -1.27. The maximum Gasteiger partial charge on any atom is 0.406 e. The van der Waals surface area contributed by atoms with Crippen LogP contribution in [0.4, 0.5) is 13.2 Å². The Labute approximate surface area is 104 Å². The predicted octanol–water partition coefficient (Wildman–Crippen LogP) is 1.45. The molecule has 1 fully saturated rings. The molecule has 1 N–H and O–H groups in total. The topological polar surface area (TPSA) is 49.4 Å². The van der Waals surface area contributed by atoms with Crippen molar-refractivity contribution in [2.75, 3.05) is 6.54 Å². The van der Waals surface area contributed by atoms with Crippen molar-refractivity contribution in [1.82, 2.24) is 10.2 Å². The van der Waals surface area contributed by atoms with Crippen molar-refractivity contribution in [2.45, 2.75) is 51.4 Å². The van der Waals surface area contributed by atoms with Crippen LogP contribution in [0.3, 0.4) is 0 Å². The predicted molar refractivity (Wildman–Crippen MR) is 58.7 cm³/mol. The molecule has 1 heterocycles. The molecule has 1 rings (SSSR count). The van der Waals surface area contributed by atoms with Crippen LogP contribution in [-0.4, -0.2) is 41.0 Å². The Morgan fingerprint density at radius 1 is 1.28 bits per heavy atom. The molecule has 0 aromatic carbocycles. The van der Waals surface area contributed by atoms with Gasteiger partial charge in [0.05, 0.1) is 0 Å². The average Bonchev–Trinajstić information content (AvgIpc) is 2.25. The maximum absolute atomic E-state index is 12.6. The second-order valence-corrected chi connectivity index (χ2v) is 4.47. The van der Waals surface area contributed by atoms with Crippen LogP contribution >= 0.6 is 0 Å². The molecule has 0 aromatic heterocycles. The summed E-state index contributed by atoms with van der Waals surface area (Å²) in [5.41, 5.74) is -1.39. The molecule has 1 unspecified atom stereocenters. The van der Waals surface area contributed by atoms with Gasteiger partial charge in [-0.25, -0.2) is 0 Å². The summed E-state index contributed by atoms with van der Waals surface area (Å²) in [6.45, 7) is 3.22.